The van der Waals surface area contributed by atoms with E-state index in [9.17, 15) is 0 Å². The molecule has 85 valence electrons. The highest BCUT2D eigenvalue weighted by molar-refractivity contribution is 5.70. The Bertz CT molecular complexity index is 557. The molecule has 0 saturated heterocycles. The minimum absolute atomic E-state index is 1.14. The third kappa shape index (κ3) is 1.82. The van der Waals surface area contributed by atoms with E-state index in [0.29, 0.717) is 0 Å². The molecular weight excluding hydrogens is 206 g/mol. The zero-order valence-electron chi connectivity index (χ0n) is 10.3. The zero-order chi connectivity index (χ0) is 11.8. The van der Waals surface area contributed by atoms with Gasteiger partial charge in [0, 0.05) is 19.3 Å². The highest BCUT2D eigenvalue weighted by Gasteiger charge is 2.15. The summed E-state index contributed by atoms with van der Waals surface area (Å²) in [6.45, 7) is 3.26. The topological polar surface area (TPSA) is 3.24 Å². The normalized spacial score (nSPS) is 13.9. The third-order valence-corrected chi connectivity index (χ3v) is 3.48. The summed E-state index contributed by atoms with van der Waals surface area (Å²) in [5.41, 5.74) is 6.60. The fraction of sp³-hybridized carbons (Fsp3) is 0.250. The lowest BCUT2D eigenvalue weighted by Gasteiger charge is -2.12. The van der Waals surface area contributed by atoms with Gasteiger partial charge in [-0.05, 0) is 48.2 Å². The van der Waals surface area contributed by atoms with Crippen LogP contribution in [-0.2, 0) is 6.42 Å². The Labute approximate surface area is 103 Å². The molecule has 2 aromatic rings. The molecule has 0 aromatic heterocycles. The lowest BCUT2D eigenvalue weighted by Crippen LogP contribution is -2.12. The van der Waals surface area contributed by atoms with Crippen molar-refractivity contribution in [2.24, 2.45) is 0 Å². The minimum atomic E-state index is 1.14. The van der Waals surface area contributed by atoms with Crippen LogP contribution in [0.5, 0.6) is 0 Å². The van der Waals surface area contributed by atoms with E-state index in [1.165, 1.54) is 27.9 Å². The molecule has 0 saturated carbocycles. The molecule has 3 rings (SSSR count). The Morgan fingerprint density at radius 3 is 2.88 bits per heavy atom. The van der Waals surface area contributed by atoms with Crippen molar-refractivity contribution in [3.05, 3.63) is 53.6 Å². The number of nitrogens with zero attached hydrogens (tertiary/aromatic N) is 1. The largest absolute Gasteiger partial charge is 0.374 e. The van der Waals surface area contributed by atoms with Gasteiger partial charge >= 0.3 is 0 Å². The lowest BCUT2D eigenvalue weighted by atomic mass is 10.0. The van der Waals surface area contributed by atoms with Gasteiger partial charge in [0.25, 0.3) is 0 Å². The molecule has 1 radical (unpaired) electrons. The van der Waals surface area contributed by atoms with E-state index < -0.39 is 0 Å². The van der Waals surface area contributed by atoms with E-state index in [0.717, 1.165) is 13.0 Å². The fourth-order valence-corrected chi connectivity index (χ4v) is 2.48. The summed E-state index contributed by atoms with van der Waals surface area (Å²) in [5.74, 6) is 0. The van der Waals surface area contributed by atoms with Crippen molar-refractivity contribution < 1.29 is 0 Å². The maximum atomic E-state index is 3.31. The van der Waals surface area contributed by atoms with Crippen molar-refractivity contribution in [2.75, 3.05) is 18.5 Å². The van der Waals surface area contributed by atoms with Gasteiger partial charge in [-0.2, -0.15) is 0 Å². The van der Waals surface area contributed by atoms with Crippen molar-refractivity contribution in [3.8, 4) is 11.1 Å². The second-order valence-corrected chi connectivity index (χ2v) is 4.79. The quantitative estimate of drug-likeness (QED) is 0.714. The number of likely N-dealkylation sites (N-methyl/N-ethyl adjacent to an activating group) is 1. The fourth-order valence-electron chi connectivity index (χ4n) is 2.48. The van der Waals surface area contributed by atoms with E-state index in [-0.39, 0.29) is 0 Å². The first-order valence-electron chi connectivity index (χ1n) is 6.07. The second-order valence-electron chi connectivity index (χ2n) is 4.79. The zero-order valence-corrected chi connectivity index (χ0v) is 10.3. The Morgan fingerprint density at radius 2 is 2.06 bits per heavy atom. The Kier molecular flexibility index (Phi) is 2.40. The molecule has 0 fully saturated rings. The van der Waals surface area contributed by atoms with Crippen LogP contribution in [0.1, 0.15) is 11.1 Å². The van der Waals surface area contributed by atoms with Crippen LogP contribution >= 0.6 is 0 Å². The summed E-state index contributed by atoms with van der Waals surface area (Å²) in [4.78, 5) is 2.32. The summed E-state index contributed by atoms with van der Waals surface area (Å²) >= 11 is 0. The van der Waals surface area contributed by atoms with Crippen molar-refractivity contribution >= 4 is 5.69 Å². The molecule has 1 aliphatic rings. The van der Waals surface area contributed by atoms with Gasteiger partial charge in [0.15, 0.2) is 0 Å². The number of aryl methyl sites for hydroxylation is 1. The highest BCUT2D eigenvalue weighted by atomic mass is 15.1. The molecule has 1 heteroatoms. The SMILES string of the molecule is Cc1cc[c]c(-c2ccc3c(c2)CCN3C)c1. The summed E-state index contributed by atoms with van der Waals surface area (Å²) < 4.78 is 0. The molecule has 17 heavy (non-hydrogen) atoms. The first kappa shape index (κ1) is 10.4. The molecule has 0 unspecified atom stereocenters. The lowest BCUT2D eigenvalue weighted by molar-refractivity contribution is 0.956. The number of rotatable bonds is 1. The van der Waals surface area contributed by atoms with Crippen LogP contribution in [0.2, 0.25) is 0 Å². The predicted octanol–water partition coefficient (Wildman–Crippen LogP) is 3.45. The minimum Gasteiger partial charge on any atom is -0.374 e. The average molecular weight is 222 g/mol. The molecule has 0 atom stereocenters. The Balaban J connectivity index is 2.06. The monoisotopic (exact) mass is 222 g/mol. The first-order chi connectivity index (χ1) is 8.24. The maximum Gasteiger partial charge on any atom is 0.0397 e. The van der Waals surface area contributed by atoms with Gasteiger partial charge in [-0.15, -0.1) is 0 Å². The van der Waals surface area contributed by atoms with Gasteiger partial charge in [0.2, 0.25) is 0 Å². The Morgan fingerprint density at radius 1 is 1.18 bits per heavy atom. The molecule has 1 heterocycles. The number of benzene rings is 2. The smallest absolute Gasteiger partial charge is 0.0397 e. The van der Waals surface area contributed by atoms with Gasteiger partial charge in [-0.25, -0.2) is 0 Å². The number of anilines is 1. The predicted molar refractivity (Wildman–Crippen MR) is 72.4 cm³/mol. The van der Waals surface area contributed by atoms with Gasteiger partial charge in [0.1, 0.15) is 0 Å². The average Bonchev–Trinajstić information content (AvgIpc) is 2.71. The van der Waals surface area contributed by atoms with Crippen LogP contribution in [0, 0.1) is 13.0 Å². The van der Waals surface area contributed by atoms with Gasteiger partial charge in [0.05, 0.1) is 0 Å². The maximum absolute atomic E-state index is 3.31. The number of hydrogen-bond acceptors (Lipinski definition) is 1. The van der Waals surface area contributed by atoms with Crippen LogP contribution in [0.15, 0.2) is 36.4 Å². The number of hydrogen-bond donors (Lipinski definition) is 0. The molecule has 0 aliphatic carbocycles. The van der Waals surface area contributed by atoms with Crippen LogP contribution in [0.25, 0.3) is 11.1 Å². The molecule has 0 N–H and O–H groups in total. The van der Waals surface area contributed by atoms with Crippen LogP contribution in [0.3, 0.4) is 0 Å². The van der Waals surface area contributed by atoms with Gasteiger partial charge in [-0.3, -0.25) is 0 Å². The van der Waals surface area contributed by atoms with E-state index >= 15 is 0 Å². The molecule has 2 aromatic carbocycles. The highest BCUT2D eigenvalue weighted by Crippen LogP contribution is 2.31. The van der Waals surface area contributed by atoms with Crippen molar-refractivity contribution in [1.82, 2.24) is 0 Å². The standard InChI is InChI=1S/C16H16N/c1-12-4-3-5-13(10-12)14-6-7-16-15(11-14)8-9-17(16)2/h3-4,6-7,10-11H,8-9H2,1-2H3. The van der Waals surface area contributed by atoms with Gasteiger partial charge in [-0.1, -0.05) is 29.8 Å². The van der Waals surface area contributed by atoms with E-state index in [2.05, 4.69) is 55.3 Å². The van der Waals surface area contributed by atoms with Crippen LogP contribution in [0.4, 0.5) is 5.69 Å². The van der Waals surface area contributed by atoms with Crippen molar-refractivity contribution in [2.45, 2.75) is 13.3 Å². The first-order valence-corrected chi connectivity index (χ1v) is 6.07. The molecule has 0 amide bonds. The summed E-state index contributed by atoms with van der Waals surface area (Å²) in [5, 5.41) is 0. The third-order valence-electron chi connectivity index (χ3n) is 3.48. The number of fused-ring (bicyclic) bond motifs is 1. The van der Waals surface area contributed by atoms with Crippen molar-refractivity contribution in [3.63, 3.8) is 0 Å². The second kappa shape index (κ2) is 3.92. The van der Waals surface area contributed by atoms with Crippen LogP contribution in [-0.4, -0.2) is 13.6 Å². The van der Waals surface area contributed by atoms with E-state index in [4.69, 9.17) is 0 Å². The summed E-state index contributed by atoms with van der Waals surface area (Å²) in [6.07, 6.45) is 1.16. The summed E-state index contributed by atoms with van der Waals surface area (Å²) in [6, 6.07) is 16.3. The summed E-state index contributed by atoms with van der Waals surface area (Å²) in [7, 11) is 2.16. The van der Waals surface area contributed by atoms with E-state index in [1.54, 1.807) is 0 Å². The van der Waals surface area contributed by atoms with Crippen molar-refractivity contribution in [1.29, 1.82) is 0 Å². The van der Waals surface area contributed by atoms with Gasteiger partial charge < -0.3 is 4.90 Å². The molecular formula is C16H16N. The molecule has 0 spiro atoms. The van der Waals surface area contributed by atoms with E-state index in [1.807, 2.05) is 6.07 Å². The Hall–Kier alpha value is -1.76. The molecule has 1 aliphatic heterocycles. The molecule has 1 nitrogen and oxygen atoms in total. The molecule has 0 bridgehead atoms. The van der Waals surface area contributed by atoms with Crippen LogP contribution < -0.4 is 4.90 Å².